The Kier molecular flexibility index (Phi) is 5.91. The lowest BCUT2D eigenvalue weighted by Crippen LogP contribution is -2.32. The zero-order valence-electron chi connectivity index (χ0n) is 17.8. The van der Waals surface area contributed by atoms with Crippen molar-refractivity contribution in [1.82, 2.24) is 24.9 Å². The highest BCUT2D eigenvalue weighted by molar-refractivity contribution is 5.69. The van der Waals surface area contributed by atoms with Gasteiger partial charge in [-0.2, -0.15) is 0 Å². The molecule has 0 spiro atoms. The predicted molar refractivity (Wildman–Crippen MR) is 117 cm³/mol. The monoisotopic (exact) mass is 453 g/mol. The maximum absolute atomic E-state index is 13.8. The molecule has 0 aliphatic carbocycles. The number of aromatic amines is 1. The van der Waals surface area contributed by atoms with Crippen molar-refractivity contribution < 1.29 is 18.7 Å². The van der Waals surface area contributed by atoms with Crippen molar-refractivity contribution in [2.75, 3.05) is 0 Å². The molecule has 1 unspecified atom stereocenters. The van der Waals surface area contributed by atoms with Gasteiger partial charge in [0.15, 0.2) is 5.65 Å². The van der Waals surface area contributed by atoms with Crippen molar-refractivity contribution in [3.8, 4) is 11.1 Å². The maximum Gasteiger partial charge on any atom is 0.405 e. The molecule has 3 N–H and O–H groups in total. The van der Waals surface area contributed by atoms with E-state index in [0.29, 0.717) is 5.56 Å². The number of halogens is 2. The summed E-state index contributed by atoms with van der Waals surface area (Å²) in [5, 5.41) is 14.6. The molecule has 3 heterocycles. The van der Waals surface area contributed by atoms with E-state index < -0.39 is 29.3 Å². The van der Waals surface area contributed by atoms with Crippen LogP contribution in [0, 0.1) is 11.6 Å². The standard InChI is InChI=1S/C23H21F2N5O3/c1-12(2)17-4-3-14(11-26-17)20-21(29-19-5-6-27-30(19)22(20)31)18(28-23(32)33)9-13-7-15(24)10-16(25)8-13/h3-8,10-12,18,27-28H,9H2,1-2H3,(H,32,33). The van der Waals surface area contributed by atoms with Gasteiger partial charge in [0.25, 0.3) is 5.56 Å². The fraction of sp³-hybridized carbons (Fsp3) is 0.217. The zero-order chi connectivity index (χ0) is 23.7. The molecular weight excluding hydrogens is 432 g/mol. The van der Waals surface area contributed by atoms with Crippen molar-refractivity contribution in [1.29, 1.82) is 0 Å². The van der Waals surface area contributed by atoms with Gasteiger partial charge >= 0.3 is 6.09 Å². The lowest BCUT2D eigenvalue weighted by atomic mass is 9.96. The van der Waals surface area contributed by atoms with Crippen molar-refractivity contribution in [2.45, 2.75) is 32.2 Å². The van der Waals surface area contributed by atoms with Crippen molar-refractivity contribution in [2.24, 2.45) is 0 Å². The Morgan fingerprint density at radius 3 is 2.52 bits per heavy atom. The third-order valence-electron chi connectivity index (χ3n) is 5.23. The van der Waals surface area contributed by atoms with E-state index in [2.05, 4.69) is 20.4 Å². The summed E-state index contributed by atoms with van der Waals surface area (Å²) in [6.45, 7) is 3.97. The van der Waals surface area contributed by atoms with Crippen LogP contribution in [0.2, 0.25) is 0 Å². The van der Waals surface area contributed by atoms with Gasteiger partial charge in [0.1, 0.15) is 11.6 Å². The number of aromatic nitrogens is 4. The van der Waals surface area contributed by atoms with Crippen molar-refractivity contribution >= 4 is 11.7 Å². The maximum atomic E-state index is 13.8. The number of carboxylic acid groups (broad SMARTS) is 1. The Morgan fingerprint density at radius 1 is 1.18 bits per heavy atom. The van der Waals surface area contributed by atoms with Gasteiger partial charge in [0.05, 0.1) is 17.3 Å². The number of fused-ring (bicyclic) bond motifs is 1. The van der Waals surface area contributed by atoms with Crippen LogP contribution in [0.4, 0.5) is 13.6 Å². The number of nitrogens with zero attached hydrogens (tertiary/aromatic N) is 3. The van der Waals surface area contributed by atoms with E-state index in [1.807, 2.05) is 13.8 Å². The summed E-state index contributed by atoms with van der Waals surface area (Å²) in [6, 6.07) is 6.96. The van der Waals surface area contributed by atoms with Gasteiger partial charge in [-0.15, -0.1) is 0 Å². The predicted octanol–water partition coefficient (Wildman–Crippen LogP) is 4.04. The molecule has 0 saturated heterocycles. The first kappa shape index (κ1) is 22.1. The van der Waals surface area contributed by atoms with Crippen molar-refractivity contribution in [3.63, 3.8) is 0 Å². The van der Waals surface area contributed by atoms with Crippen LogP contribution in [0.15, 0.2) is 53.6 Å². The van der Waals surface area contributed by atoms with Gasteiger partial charge in [0.2, 0.25) is 0 Å². The van der Waals surface area contributed by atoms with E-state index in [1.165, 1.54) is 16.9 Å². The molecule has 0 fully saturated rings. The average molecular weight is 453 g/mol. The molecule has 1 amide bonds. The lowest BCUT2D eigenvalue weighted by molar-refractivity contribution is 0.189. The summed E-state index contributed by atoms with van der Waals surface area (Å²) in [4.78, 5) is 33.9. The van der Waals surface area contributed by atoms with E-state index in [9.17, 15) is 23.5 Å². The molecule has 8 nitrogen and oxygen atoms in total. The molecule has 0 saturated carbocycles. The topological polar surface area (TPSA) is 112 Å². The molecule has 3 aromatic heterocycles. The molecule has 4 aromatic rings. The minimum absolute atomic E-state index is 0.126. The molecule has 0 bridgehead atoms. The van der Waals surface area contributed by atoms with E-state index in [1.54, 1.807) is 18.2 Å². The number of benzene rings is 1. The number of pyridine rings is 1. The summed E-state index contributed by atoms with van der Waals surface area (Å²) in [7, 11) is 0. The second-order valence-electron chi connectivity index (χ2n) is 7.94. The number of rotatable bonds is 6. The summed E-state index contributed by atoms with van der Waals surface area (Å²) in [5.74, 6) is -1.41. The highest BCUT2D eigenvalue weighted by Gasteiger charge is 2.25. The van der Waals surface area contributed by atoms with Crippen molar-refractivity contribution in [3.05, 3.63) is 87.7 Å². The smallest absolute Gasteiger partial charge is 0.405 e. The fourth-order valence-corrected chi connectivity index (χ4v) is 3.73. The second kappa shape index (κ2) is 8.81. The van der Waals surface area contributed by atoms with Crippen LogP contribution in [-0.4, -0.2) is 30.8 Å². The Hall–Kier alpha value is -4.08. The summed E-state index contributed by atoms with van der Waals surface area (Å²) >= 11 is 0. The third-order valence-corrected chi connectivity index (χ3v) is 5.23. The number of hydrogen-bond donors (Lipinski definition) is 3. The Labute approximate surface area is 186 Å². The number of H-pyrrole nitrogens is 1. The van der Waals surface area contributed by atoms with Crippen LogP contribution in [0.5, 0.6) is 0 Å². The van der Waals surface area contributed by atoms with E-state index in [0.717, 1.165) is 23.9 Å². The number of nitrogens with one attached hydrogen (secondary N) is 2. The van der Waals surface area contributed by atoms with E-state index >= 15 is 0 Å². The van der Waals surface area contributed by atoms with Gasteiger partial charge in [-0.25, -0.2) is 23.1 Å². The molecule has 0 aliphatic rings. The lowest BCUT2D eigenvalue weighted by Gasteiger charge is -2.20. The molecule has 4 rings (SSSR count). The highest BCUT2D eigenvalue weighted by Crippen LogP contribution is 2.28. The van der Waals surface area contributed by atoms with Crippen LogP contribution in [-0.2, 0) is 6.42 Å². The Balaban J connectivity index is 1.91. The average Bonchev–Trinajstić information content (AvgIpc) is 3.21. The number of carbonyl (C=O) groups is 1. The van der Waals surface area contributed by atoms with Gasteiger partial charge in [-0.05, 0) is 36.1 Å². The van der Waals surface area contributed by atoms with E-state index in [-0.39, 0.29) is 34.8 Å². The minimum atomic E-state index is -1.37. The normalized spacial score (nSPS) is 12.3. The van der Waals surface area contributed by atoms with Crippen LogP contribution < -0.4 is 10.9 Å². The molecule has 33 heavy (non-hydrogen) atoms. The number of hydrogen-bond acceptors (Lipinski definition) is 4. The van der Waals surface area contributed by atoms with Gasteiger partial charge < -0.3 is 10.4 Å². The first-order valence-corrected chi connectivity index (χ1v) is 10.2. The molecule has 170 valence electrons. The van der Waals surface area contributed by atoms with E-state index in [4.69, 9.17) is 0 Å². The zero-order valence-corrected chi connectivity index (χ0v) is 17.8. The molecule has 0 aliphatic heterocycles. The van der Waals surface area contributed by atoms with Crippen LogP contribution >= 0.6 is 0 Å². The SMILES string of the molecule is CC(C)c1ccc(-c2c(C(Cc3cc(F)cc(F)c3)NC(=O)O)nc3cc[nH]n3c2=O)cn1. The van der Waals surface area contributed by atoms with Crippen LogP contribution in [0.1, 0.15) is 42.8 Å². The Bertz CT molecular complexity index is 1360. The van der Waals surface area contributed by atoms with Gasteiger partial charge in [-0.1, -0.05) is 19.9 Å². The second-order valence-corrected chi connectivity index (χ2v) is 7.94. The van der Waals surface area contributed by atoms with Crippen LogP contribution in [0.3, 0.4) is 0 Å². The molecule has 1 atom stereocenters. The Morgan fingerprint density at radius 2 is 1.91 bits per heavy atom. The molecule has 1 aromatic carbocycles. The molecular formula is C23H21F2N5O3. The fourth-order valence-electron chi connectivity index (χ4n) is 3.73. The first-order chi connectivity index (χ1) is 15.7. The largest absolute Gasteiger partial charge is 0.465 e. The summed E-state index contributed by atoms with van der Waals surface area (Å²) < 4.78 is 28.8. The third kappa shape index (κ3) is 4.59. The summed E-state index contributed by atoms with van der Waals surface area (Å²) in [6.07, 6.45) is 1.57. The van der Waals surface area contributed by atoms with Gasteiger partial charge in [-0.3, -0.25) is 14.9 Å². The summed E-state index contributed by atoms with van der Waals surface area (Å²) in [5.41, 5.74) is 1.55. The van der Waals surface area contributed by atoms with Crippen LogP contribution in [0.25, 0.3) is 16.8 Å². The molecule has 10 heteroatoms. The minimum Gasteiger partial charge on any atom is -0.465 e. The highest BCUT2D eigenvalue weighted by atomic mass is 19.1. The van der Waals surface area contributed by atoms with Gasteiger partial charge in [0, 0.05) is 35.8 Å². The first-order valence-electron chi connectivity index (χ1n) is 10.2. The quantitative estimate of drug-likeness (QED) is 0.408. The molecule has 0 radical (unpaired) electrons. The number of amides is 1.